The Morgan fingerprint density at radius 2 is 1.58 bits per heavy atom. The van der Waals surface area contributed by atoms with Crippen LogP contribution < -0.4 is 10.2 Å². The summed E-state index contributed by atoms with van der Waals surface area (Å²) in [6.45, 7) is 6.89. The van der Waals surface area contributed by atoms with Crippen molar-refractivity contribution in [3.05, 3.63) is 24.3 Å². The lowest BCUT2D eigenvalue weighted by molar-refractivity contribution is -0.181. The molecule has 7 nitrogen and oxygen atoms in total. The van der Waals surface area contributed by atoms with Crippen LogP contribution in [0.25, 0.3) is 0 Å². The highest BCUT2D eigenvalue weighted by molar-refractivity contribution is 5.89. The van der Waals surface area contributed by atoms with Crippen LogP contribution in [0.4, 0.5) is 16.2 Å². The molecule has 0 aromatic heterocycles. The molecule has 1 aromatic rings. The zero-order valence-electron chi connectivity index (χ0n) is 15.4. The fourth-order valence-electron chi connectivity index (χ4n) is 3.86. The first-order valence-corrected chi connectivity index (χ1v) is 9.51. The van der Waals surface area contributed by atoms with Gasteiger partial charge in [-0.3, -0.25) is 0 Å². The average Bonchev–Trinajstić information content (AvgIpc) is 3.11. The maximum absolute atomic E-state index is 12.5. The molecule has 1 aromatic carbocycles. The minimum atomic E-state index is -0.444. The zero-order valence-corrected chi connectivity index (χ0v) is 15.4. The summed E-state index contributed by atoms with van der Waals surface area (Å²) in [7, 11) is 2.16. The van der Waals surface area contributed by atoms with Crippen molar-refractivity contribution >= 4 is 17.4 Å². The summed E-state index contributed by atoms with van der Waals surface area (Å²) < 4.78 is 11.4. The number of urea groups is 1. The molecule has 4 rings (SSSR count). The van der Waals surface area contributed by atoms with Gasteiger partial charge in [0.2, 0.25) is 0 Å². The number of likely N-dealkylation sites (tertiary alicyclic amines) is 1. The number of nitrogens with zero attached hydrogens (tertiary/aromatic N) is 3. The van der Waals surface area contributed by atoms with Crippen molar-refractivity contribution in [2.75, 3.05) is 69.7 Å². The number of nitrogens with one attached hydrogen (secondary N) is 1. The Hall–Kier alpha value is -1.83. The number of amides is 2. The van der Waals surface area contributed by atoms with Crippen LogP contribution in [0.15, 0.2) is 24.3 Å². The van der Waals surface area contributed by atoms with E-state index in [-0.39, 0.29) is 6.03 Å². The van der Waals surface area contributed by atoms with Crippen molar-refractivity contribution in [3.8, 4) is 0 Å². The highest BCUT2D eigenvalue weighted by Gasteiger charge is 2.40. The van der Waals surface area contributed by atoms with Crippen LogP contribution in [0.3, 0.4) is 0 Å². The van der Waals surface area contributed by atoms with Crippen molar-refractivity contribution in [1.82, 2.24) is 9.80 Å². The number of carbonyl (C=O) groups excluding carboxylic acids is 1. The summed E-state index contributed by atoms with van der Waals surface area (Å²) in [4.78, 5) is 19.1. The van der Waals surface area contributed by atoms with Gasteiger partial charge in [-0.05, 0) is 31.3 Å². The van der Waals surface area contributed by atoms with Gasteiger partial charge >= 0.3 is 6.03 Å². The summed E-state index contributed by atoms with van der Waals surface area (Å²) in [5, 5.41) is 3.01. The number of hydrogen-bond donors (Lipinski definition) is 1. The highest BCUT2D eigenvalue weighted by atomic mass is 16.7. The van der Waals surface area contributed by atoms with Crippen LogP contribution in [0, 0.1) is 0 Å². The number of hydrogen-bond acceptors (Lipinski definition) is 5. The molecule has 0 atom stereocenters. The van der Waals surface area contributed by atoms with E-state index in [2.05, 4.69) is 34.3 Å². The van der Waals surface area contributed by atoms with Crippen LogP contribution in [0.1, 0.15) is 12.8 Å². The topological polar surface area (TPSA) is 57.3 Å². The largest absolute Gasteiger partial charge is 0.369 e. The second-order valence-electron chi connectivity index (χ2n) is 7.36. The lowest BCUT2D eigenvalue weighted by atomic mass is 10.0. The first kappa shape index (κ1) is 17.6. The monoisotopic (exact) mass is 360 g/mol. The molecule has 2 amide bonds. The number of anilines is 2. The average molecular weight is 360 g/mol. The van der Waals surface area contributed by atoms with E-state index in [0.717, 1.165) is 44.7 Å². The normalized spacial score (nSPS) is 23.4. The molecule has 142 valence electrons. The van der Waals surface area contributed by atoms with Crippen molar-refractivity contribution in [3.63, 3.8) is 0 Å². The number of piperazine rings is 1. The SMILES string of the molecule is CN1CCN(c2ccc(NC(=O)N3CCC4(CC3)OCCO4)cc2)CC1. The predicted molar refractivity (Wildman–Crippen MR) is 101 cm³/mol. The zero-order chi connectivity index (χ0) is 18.0. The van der Waals surface area contributed by atoms with Gasteiger partial charge in [0.25, 0.3) is 0 Å². The van der Waals surface area contributed by atoms with E-state index in [1.807, 2.05) is 17.0 Å². The Morgan fingerprint density at radius 3 is 2.19 bits per heavy atom. The fourth-order valence-corrected chi connectivity index (χ4v) is 3.86. The number of carbonyl (C=O) groups is 1. The molecule has 3 heterocycles. The lowest BCUT2D eigenvalue weighted by Crippen LogP contribution is -2.48. The second kappa shape index (κ2) is 7.42. The minimum absolute atomic E-state index is 0.0507. The van der Waals surface area contributed by atoms with Crippen molar-refractivity contribution in [1.29, 1.82) is 0 Å². The van der Waals surface area contributed by atoms with Gasteiger partial charge in [-0.1, -0.05) is 0 Å². The molecule has 3 aliphatic heterocycles. The van der Waals surface area contributed by atoms with Crippen LogP contribution in [-0.2, 0) is 9.47 Å². The van der Waals surface area contributed by atoms with Gasteiger partial charge < -0.3 is 29.5 Å². The number of benzene rings is 1. The number of piperidine rings is 1. The van der Waals surface area contributed by atoms with E-state index in [9.17, 15) is 4.79 Å². The Morgan fingerprint density at radius 1 is 0.962 bits per heavy atom. The molecule has 3 fully saturated rings. The van der Waals surface area contributed by atoms with Gasteiger partial charge in [-0.25, -0.2) is 4.79 Å². The third-order valence-corrected chi connectivity index (χ3v) is 5.61. The molecule has 0 unspecified atom stereocenters. The molecule has 0 bridgehead atoms. The number of likely N-dealkylation sites (N-methyl/N-ethyl adjacent to an activating group) is 1. The van der Waals surface area contributed by atoms with E-state index in [1.165, 1.54) is 5.69 Å². The quantitative estimate of drug-likeness (QED) is 0.872. The summed E-state index contributed by atoms with van der Waals surface area (Å²) >= 11 is 0. The van der Waals surface area contributed by atoms with E-state index in [0.29, 0.717) is 26.3 Å². The van der Waals surface area contributed by atoms with E-state index in [4.69, 9.17) is 9.47 Å². The minimum Gasteiger partial charge on any atom is -0.369 e. The number of ether oxygens (including phenoxy) is 2. The molecule has 0 radical (unpaired) electrons. The third kappa shape index (κ3) is 3.79. The summed E-state index contributed by atoms with van der Waals surface area (Å²) in [5.74, 6) is -0.444. The molecular weight excluding hydrogens is 332 g/mol. The third-order valence-electron chi connectivity index (χ3n) is 5.61. The number of rotatable bonds is 2. The first-order valence-electron chi connectivity index (χ1n) is 9.51. The van der Waals surface area contributed by atoms with Gasteiger partial charge in [-0.2, -0.15) is 0 Å². The molecule has 7 heteroatoms. The molecule has 0 saturated carbocycles. The summed E-state index contributed by atoms with van der Waals surface area (Å²) in [6, 6.07) is 8.10. The lowest BCUT2D eigenvalue weighted by Gasteiger charge is -2.37. The first-order chi connectivity index (χ1) is 12.6. The van der Waals surface area contributed by atoms with Crippen molar-refractivity contribution in [2.24, 2.45) is 0 Å². The van der Waals surface area contributed by atoms with Crippen molar-refractivity contribution < 1.29 is 14.3 Å². The van der Waals surface area contributed by atoms with Crippen LogP contribution in [0.5, 0.6) is 0 Å². The van der Waals surface area contributed by atoms with E-state index < -0.39 is 5.79 Å². The Kier molecular flexibility index (Phi) is 5.02. The molecule has 0 aliphatic carbocycles. The van der Waals surface area contributed by atoms with E-state index >= 15 is 0 Å². The molecule has 3 saturated heterocycles. The van der Waals surface area contributed by atoms with Crippen LogP contribution >= 0.6 is 0 Å². The predicted octanol–water partition coefficient (Wildman–Crippen LogP) is 1.81. The molecule has 26 heavy (non-hydrogen) atoms. The van der Waals surface area contributed by atoms with Crippen LogP contribution in [0.2, 0.25) is 0 Å². The van der Waals surface area contributed by atoms with Gasteiger partial charge in [0, 0.05) is 63.5 Å². The maximum Gasteiger partial charge on any atom is 0.321 e. The van der Waals surface area contributed by atoms with Crippen molar-refractivity contribution in [2.45, 2.75) is 18.6 Å². The smallest absolute Gasteiger partial charge is 0.321 e. The summed E-state index contributed by atoms with van der Waals surface area (Å²) in [5.41, 5.74) is 2.05. The Labute approximate surface area is 154 Å². The molecule has 1 N–H and O–H groups in total. The van der Waals surface area contributed by atoms with Gasteiger partial charge in [-0.15, -0.1) is 0 Å². The van der Waals surface area contributed by atoms with Gasteiger partial charge in [0.05, 0.1) is 13.2 Å². The van der Waals surface area contributed by atoms with Gasteiger partial charge in [0.15, 0.2) is 5.79 Å². The fraction of sp³-hybridized carbons (Fsp3) is 0.632. The second-order valence-corrected chi connectivity index (χ2v) is 7.36. The van der Waals surface area contributed by atoms with E-state index in [1.54, 1.807) is 0 Å². The molecular formula is C19H28N4O3. The maximum atomic E-state index is 12.5. The standard InChI is InChI=1S/C19H28N4O3/c1-21-10-12-22(13-11-21)17-4-2-16(3-5-17)20-18(24)23-8-6-19(7-9-23)25-14-15-26-19/h2-5H,6-15H2,1H3,(H,20,24). The Balaban J connectivity index is 1.29. The summed E-state index contributed by atoms with van der Waals surface area (Å²) in [6.07, 6.45) is 1.48. The highest BCUT2D eigenvalue weighted by Crippen LogP contribution is 2.31. The van der Waals surface area contributed by atoms with Gasteiger partial charge in [0.1, 0.15) is 0 Å². The molecule has 3 aliphatic rings. The Bertz CT molecular complexity index is 612. The molecule has 1 spiro atoms. The van der Waals surface area contributed by atoms with Crippen LogP contribution in [-0.4, -0.2) is 81.1 Å².